The molecule has 0 N–H and O–H groups in total. The van der Waals surface area contributed by atoms with Crippen molar-refractivity contribution in [1.29, 1.82) is 0 Å². The van der Waals surface area contributed by atoms with E-state index in [2.05, 4.69) is 16.5 Å². The van der Waals surface area contributed by atoms with Crippen molar-refractivity contribution in [3.05, 3.63) is 63.6 Å². The van der Waals surface area contributed by atoms with E-state index in [4.69, 9.17) is 11.6 Å². The number of halogens is 6. The van der Waals surface area contributed by atoms with Crippen molar-refractivity contribution in [2.24, 2.45) is 5.41 Å². The minimum absolute atomic E-state index is 0.0620. The molecule has 2 saturated heterocycles. The molecule has 2 aromatic carbocycles. The molecule has 0 unspecified atom stereocenters. The second kappa shape index (κ2) is 11.3. The Hall–Kier alpha value is -3.16. The third-order valence-corrected chi connectivity index (χ3v) is 10.7. The van der Waals surface area contributed by atoms with Gasteiger partial charge in [-0.1, -0.05) is 25.1 Å². The lowest BCUT2D eigenvalue weighted by molar-refractivity contribution is -0.137. The quantitative estimate of drug-likeness (QED) is 0.192. The number of aromatic nitrogens is 2. The van der Waals surface area contributed by atoms with Gasteiger partial charge in [-0.3, -0.25) is 9.36 Å². The van der Waals surface area contributed by atoms with Gasteiger partial charge in [-0.2, -0.15) is 18.2 Å². The summed E-state index contributed by atoms with van der Waals surface area (Å²) in [6.45, 7) is 11.9. The van der Waals surface area contributed by atoms with Crippen molar-refractivity contribution in [2.75, 3.05) is 43.4 Å². The highest BCUT2D eigenvalue weighted by Gasteiger charge is 2.47. The van der Waals surface area contributed by atoms with Crippen molar-refractivity contribution < 1.29 is 26.7 Å². The minimum Gasteiger partial charge on any atom is -0.352 e. The summed E-state index contributed by atoms with van der Waals surface area (Å²) in [6.07, 6.45) is -3.74. The van der Waals surface area contributed by atoms with Gasteiger partial charge in [0.1, 0.15) is 17.5 Å². The molecular weight excluding hydrogens is 637 g/mol. The number of amides is 1. The first-order valence-electron chi connectivity index (χ1n) is 14.6. The van der Waals surface area contributed by atoms with Gasteiger partial charge in [0.05, 0.1) is 16.1 Å². The normalized spacial score (nSPS) is 21.6. The lowest BCUT2D eigenvalue weighted by Gasteiger charge is -2.49. The fraction of sp³-hybridized carbons (Fsp3) is 0.452. The topological polar surface area (TPSA) is 61.7 Å². The molecule has 0 saturated carbocycles. The molecule has 0 bridgehead atoms. The average molecular weight is 668 g/mol. The van der Waals surface area contributed by atoms with E-state index in [1.165, 1.54) is 10.6 Å². The zero-order chi connectivity index (χ0) is 32.6. The van der Waals surface area contributed by atoms with Crippen LogP contribution in [0, 0.1) is 17.0 Å². The Labute approximate surface area is 265 Å². The third kappa shape index (κ3) is 5.30. The molecule has 240 valence electrons. The lowest BCUT2D eigenvalue weighted by Crippen LogP contribution is -2.60. The maximum atomic E-state index is 15.4. The van der Waals surface area contributed by atoms with Gasteiger partial charge < -0.3 is 14.7 Å². The summed E-state index contributed by atoms with van der Waals surface area (Å²) < 4.78 is 76.0. The number of carbonyl (C=O) groups excluding carboxylic acids is 1. The largest absolute Gasteiger partial charge is 0.417 e. The number of benzene rings is 2. The van der Waals surface area contributed by atoms with Crippen LogP contribution in [-0.2, 0) is 17.5 Å². The SMILES string of the molecule is C=CC(=O)N1[C@H](C)CN(c2nc(=O)n3c4c(c(-c5cc(Cl)c(F)cc5F)c(C(F)(F)F)cc24)SCC2(CN(CC)C2)C3)C[C@@H]1C. The zero-order valence-corrected chi connectivity index (χ0v) is 26.4. The number of likely N-dealkylation sites (tertiary alicyclic amines) is 1. The molecule has 3 aliphatic rings. The number of piperazine rings is 1. The van der Waals surface area contributed by atoms with Crippen LogP contribution in [0.2, 0.25) is 5.02 Å². The molecule has 7 nitrogen and oxygen atoms in total. The Morgan fingerprint density at radius 2 is 1.80 bits per heavy atom. The summed E-state index contributed by atoms with van der Waals surface area (Å²) in [6, 6.07) is 1.53. The van der Waals surface area contributed by atoms with Gasteiger partial charge in [0.15, 0.2) is 0 Å². The Morgan fingerprint density at radius 3 is 2.40 bits per heavy atom. The first-order chi connectivity index (χ1) is 21.2. The second-order valence-corrected chi connectivity index (χ2v) is 13.6. The van der Waals surface area contributed by atoms with Gasteiger partial charge in [-0.15, -0.1) is 11.8 Å². The molecule has 0 radical (unpaired) electrons. The fourth-order valence-corrected chi connectivity index (χ4v) is 8.69. The maximum Gasteiger partial charge on any atom is 0.417 e. The van der Waals surface area contributed by atoms with Crippen LogP contribution in [-0.4, -0.2) is 75.8 Å². The van der Waals surface area contributed by atoms with Crippen molar-refractivity contribution >= 4 is 46.0 Å². The second-order valence-electron chi connectivity index (χ2n) is 12.2. The number of thioether (sulfide) groups is 1. The van der Waals surface area contributed by atoms with Crippen LogP contribution < -0.4 is 10.6 Å². The first-order valence-corrected chi connectivity index (χ1v) is 15.9. The van der Waals surface area contributed by atoms with Gasteiger partial charge in [0, 0.05) is 83.5 Å². The van der Waals surface area contributed by atoms with Crippen LogP contribution in [0.3, 0.4) is 0 Å². The molecule has 45 heavy (non-hydrogen) atoms. The van der Waals surface area contributed by atoms with Crippen LogP contribution in [0.5, 0.6) is 0 Å². The van der Waals surface area contributed by atoms with Gasteiger partial charge in [-0.05, 0) is 38.6 Å². The number of nitrogens with zero attached hydrogens (tertiary/aromatic N) is 5. The number of carbonyl (C=O) groups is 1. The van der Waals surface area contributed by atoms with E-state index < -0.39 is 50.6 Å². The molecule has 2 fully saturated rings. The van der Waals surface area contributed by atoms with E-state index in [-0.39, 0.29) is 59.2 Å². The highest BCUT2D eigenvalue weighted by atomic mass is 35.5. The standard InChI is InChI=1S/C31H31ClF5N5O2S/c1-5-24(43)42-16(3)10-40(11-17(42)4)28-19-7-20(31(35,36)37)25(18-8-21(32)23(34)9-22(18)33)27-26(19)41(29(44)38-28)14-30(15-45-27)12-39(6-2)13-30/h5,7-9,16-17H,1,6,10-15H2,2-4H3/t16-,17+. The van der Waals surface area contributed by atoms with Crippen LogP contribution in [0.1, 0.15) is 26.3 Å². The summed E-state index contributed by atoms with van der Waals surface area (Å²) in [7, 11) is 0. The highest BCUT2D eigenvalue weighted by molar-refractivity contribution is 7.99. The summed E-state index contributed by atoms with van der Waals surface area (Å²) in [5, 5.41) is -0.435. The third-order valence-electron chi connectivity index (χ3n) is 9.01. The number of anilines is 1. The van der Waals surface area contributed by atoms with Gasteiger partial charge >= 0.3 is 11.9 Å². The Morgan fingerprint density at radius 1 is 1.13 bits per heavy atom. The van der Waals surface area contributed by atoms with Gasteiger partial charge in [0.2, 0.25) is 5.91 Å². The van der Waals surface area contributed by atoms with Gasteiger partial charge in [0.25, 0.3) is 0 Å². The summed E-state index contributed by atoms with van der Waals surface area (Å²) in [5.74, 6) is -2.14. The summed E-state index contributed by atoms with van der Waals surface area (Å²) >= 11 is 7.13. The molecule has 2 atom stereocenters. The average Bonchev–Trinajstić information content (AvgIpc) is 3.13. The van der Waals surface area contributed by atoms with Crippen LogP contribution in [0.25, 0.3) is 22.0 Å². The predicted molar refractivity (Wildman–Crippen MR) is 165 cm³/mol. The van der Waals surface area contributed by atoms with Crippen molar-refractivity contribution in [2.45, 2.75) is 50.5 Å². The molecule has 1 spiro atoms. The lowest BCUT2D eigenvalue weighted by atomic mass is 9.81. The molecule has 1 amide bonds. The Balaban J connectivity index is 1.65. The van der Waals surface area contributed by atoms with E-state index in [0.29, 0.717) is 24.9 Å². The van der Waals surface area contributed by atoms with E-state index in [1.54, 1.807) is 9.80 Å². The Kier molecular flexibility index (Phi) is 7.97. The number of rotatable bonds is 4. The molecule has 6 rings (SSSR count). The van der Waals surface area contributed by atoms with E-state index in [0.717, 1.165) is 30.4 Å². The molecule has 14 heteroatoms. The fourth-order valence-electron chi connectivity index (χ4n) is 7.09. The van der Waals surface area contributed by atoms with Crippen LogP contribution in [0.4, 0.5) is 27.8 Å². The van der Waals surface area contributed by atoms with E-state index in [1.807, 2.05) is 20.8 Å². The monoisotopic (exact) mass is 667 g/mol. The molecule has 3 aliphatic heterocycles. The van der Waals surface area contributed by atoms with E-state index >= 15 is 4.39 Å². The van der Waals surface area contributed by atoms with Crippen molar-refractivity contribution in [3.8, 4) is 11.1 Å². The Bertz CT molecular complexity index is 1780. The smallest absolute Gasteiger partial charge is 0.352 e. The summed E-state index contributed by atoms with van der Waals surface area (Å²) in [4.78, 5) is 36.4. The van der Waals surface area contributed by atoms with Crippen molar-refractivity contribution in [3.63, 3.8) is 0 Å². The first kappa shape index (κ1) is 31.8. The highest BCUT2D eigenvalue weighted by Crippen LogP contribution is 2.52. The molecule has 1 aromatic heterocycles. The molecule has 4 heterocycles. The minimum atomic E-state index is -4.96. The number of hydrogen-bond acceptors (Lipinski definition) is 6. The number of hydrogen-bond donors (Lipinski definition) is 0. The molecule has 3 aromatic rings. The van der Waals surface area contributed by atoms with E-state index in [9.17, 15) is 27.2 Å². The van der Waals surface area contributed by atoms with Crippen LogP contribution >= 0.6 is 23.4 Å². The molecule has 0 aliphatic carbocycles. The van der Waals surface area contributed by atoms with Gasteiger partial charge in [-0.25, -0.2) is 13.6 Å². The molecular formula is C31H31ClF5N5O2S. The zero-order valence-electron chi connectivity index (χ0n) is 24.8. The summed E-state index contributed by atoms with van der Waals surface area (Å²) in [5.41, 5.74) is -2.98. The van der Waals surface area contributed by atoms with Crippen LogP contribution in [0.15, 0.2) is 40.5 Å². The van der Waals surface area contributed by atoms with Crippen molar-refractivity contribution in [1.82, 2.24) is 19.4 Å². The predicted octanol–water partition coefficient (Wildman–Crippen LogP) is 6.05. The number of alkyl halides is 3. The maximum absolute atomic E-state index is 15.4.